The largest absolute Gasteiger partial charge is 0.495 e. The van der Waals surface area contributed by atoms with Gasteiger partial charge in [0.1, 0.15) is 5.75 Å². The molecular weight excluding hydrogens is 176 g/mol. The summed E-state index contributed by atoms with van der Waals surface area (Å²) in [5.41, 5.74) is 9.18. The first kappa shape index (κ1) is 9.19. The lowest BCUT2D eigenvalue weighted by atomic mass is 9.91. The summed E-state index contributed by atoms with van der Waals surface area (Å²) in [6.07, 6.45) is 1.13. The molecule has 1 atom stereocenters. The molecule has 1 aliphatic rings. The Kier molecular flexibility index (Phi) is 2.23. The van der Waals surface area contributed by atoms with E-state index in [4.69, 9.17) is 10.5 Å². The quantitative estimate of drug-likeness (QED) is 0.670. The molecule has 1 aliphatic heterocycles. The normalized spacial score (nSPS) is 19.7. The van der Waals surface area contributed by atoms with E-state index in [9.17, 15) is 0 Å². The number of benzene rings is 1. The SMILES string of the molecule is COc1ccc2c(c1N)C(C)CCN2. The molecule has 76 valence electrons. The van der Waals surface area contributed by atoms with Gasteiger partial charge in [0, 0.05) is 17.8 Å². The number of rotatable bonds is 1. The number of nitrogens with two attached hydrogens (primary N) is 1. The predicted molar refractivity (Wildman–Crippen MR) is 58.9 cm³/mol. The highest BCUT2D eigenvalue weighted by Crippen LogP contribution is 2.40. The summed E-state index contributed by atoms with van der Waals surface area (Å²) in [6.45, 7) is 3.23. The van der Waals surface area contributed by atoms with E-state index in [2.05, 4.69) is 12.2 Å². The number of hydrogen-bond acceptors (Lipinski definition) is 3. The second kappa shape index (κ2) is 3.40. The summed E-state index contributed by atoms with van der Waals surface area (Å²) in [6, 6.07) is 3.96. The lowest BCUT2D eigenvalue weighted by Crippen LogP contribution is -2.16. The molecule has 2 rings (SSSR count). The van der Waals surface area contributed by atoms with Gasteiger partial charge in [0.2, 0.25) is 0 Å². The Morgan fingerprint density at radius 3 is 3.00 bits per heavy atom. The molecule has 0 saturated carbocycles. The van der Waals surface area contributed by atoms with Gasteiger partial charge in [-0.25, -0.2) is 0 Å². The number of nitrogens with one attached hydrogen (secondary N) is 1. The van der Waals surface area contributed by atoms with Crippen LogP contribution < -0.4 is 15.8 Å². The van der Waals surface area contributed by atoms with Gasteiger partial charge in [0.25, 0.3) is 0 Å². The van der Waals surface area contributed by atoms with Gasteiger partial charge in [-0.15, -0.1) is 0 Å². The highest BCUT2D eigenvalue weighted by molar-refractivity contribution is 5.72. The molecule has 0 aromatic heterocycles. The van der Waals surface area contributed by atoms with Crippen molar-refractivity contribution in [3.63, 3.8) is 0 Å². The van der Waals surface area contributed by atoms with E-state index in [-0.39, 0.29) is 0 Å². The maximum absolute atomic E-state index is 6.04. The van der Waals surface area contributed by atoms with Crippen LogP contribution in [0, 0.1) is 0 Å². The number of nitrogen functional groups attached to an aromatic ring is 1. The van der Waals surface area contributed by atoms with Crippen molar-refractivity contribution in [1.82, 2.24) is 0 Å². The topological polar surface area (TPSA) is 47.3 Å². The second-order valence-electron chi connectivity index (χ2n) is 3.76. The lowest BCUT2D eigenvalue weighted by Gasteiger charge is -2.26. The fourth-order valence-electron chi connectivity index (χ4n) is 2.05. The molecule has 1 aromatic rings. The van der Waals surface area contributed by atoms with Gasteiger partial charge in [0.15, 0.2) is 0 Å². The minimum Gasteiger partial charge on any atom is -0.495 e. The fraction of sp³-hybridized carbons (Fsp3) is 0.455. The molecule has 1 heterocycles. The van der Waals surface area contributed by atoms with Gasteiger partial charge < -0.3 is 15.8 Å². The van der Waals surface area contributed by atoms with Gasteiger partial charge in [-0.05, 0) is 24.5 Å². The average Bonchev–Trinajstić information content (AvgIpc) is 2.18. The zero-order valence-electron chi connectivity index (χ0n) is 8.63. The van der Waals surface area contributed by atoms with Crippen LogP contribution in [0.4, 0.5) is 11.4 Å². The Bertz CT molecular complexity index is 349. The smallest absolute Gasteiger partial charge is 0.142 e. The number of hydrogen-bond donors (Lipinski definition) is 2. The Balaban J connectivity index is 2.54. The molecule has 3 nitrogen and oxygen atoms in total. The van der Waals surface area contributed by atoms with E-state index in [0.29, 0.717) is 5.92 Å². The molecule has 0 radical (unpaired) electrons. The standard InChI is InChI=1S/C11H16N2O/c1-7-5-6-13-8-3-4-9(14-2)11(12)10(7)8/h3-4,7,13H,5-6,12H2,1-2H3. The van der Waals surface area contributed by atoms with Crippen molar-refractivity contribution >= 4 is 11.4 Å². The van der Waals surface area contributed by atoms with Crippen LogP contribution in [0.15, 0.2) is 12.1 Å². The van der Waals surface area contributed by atoms with Crippen molar-refractivity contribution < 1.29 is 4.74 Å². The Morgan fingerprint density at radius 1 is 1.50 bits per heavy atom. The molecule has 1 unspecified atom stereocenters. The summed E-state index contributed by atoms with van der Waals surface area (Å²) >= 11 is 0. The third-order valence-electron chi connectivity index (χ3n) is 2.85. The van der Waals surface area contributed by atoms with Gasteiger partial charge in [-0.1, -0.05) is 6.92 Å². The maximum Gasteiger partial charge on any atom is 0.142 e. The molecule has 0 bridgehead atoms. The highest BCUT2D eigenvalue weighted by atomic mass is 16.5. The van der Waals surface area contributed by atoms with Crippen LogP contribution in [0.25, 0.3) is 0 Å². The predicted octanol–water partition coefficient (Wildman–Crippen LogP) is 2.20. The number of ether oxygens (including phenoxy) is 1. The first-order chi connectivity index (χ1) is 6.74. The molecular formula is C11H16N2O. The molecule has 3 heteroatoms. The van der Waals surface area contributed by atoms with Crippen molar-refractivity contribution in [2.45, 2.75) is 19.3 Å². The Hall–Kier alpha value is -1.38. The van der Waals surface area contributed by atoms with Crippen LogP contribution in [0.5, 0.6) is 5.75 Å². The zero-order chi connectivity index (χ0) is 10.1. The molecule has 14 heavy (non-hydrogen) atoms. The van der Waals surface area contributed by atoms with E-state index in [1.54, 1.807) is 7.11 Å². The van der Waals surface area contributed by atoms with E-state index >= 15 is 0 Å². The van der Waals surface area contributed by atoms with Crippen molar-refractivity contribution in [2.24, 2.45) is 0 Å². The molecule has 1 aromatic carbocycles. The Morgan fingerprint density at radius 2 is 2.29 bits per heavy atom. The summed E-state index contributed by atoms with van der Waals surface area (Å²) in [5.74, 6) is 1.29. The summed E-state index contributed by atoms with van der Waals surface area (Å²) in [5, 5.41) is 3.35. The number of anilines is 2. The van der Waals surface area contributed by atoms with E-state index in [1.165, 1.54) is 5.56 Å². The highest BCUT2D eigenvalue weighted by Gasteiger charge is 2.20. The van der Waals surface area contributed by atoms with Crippen LogP contribution in [0.3, 0.4) is 0 Å². The Labute approximate surface area is 84.3 Å². The van der Waals surface area contributed by atoms with Gasteiger partial charge in [0.05, 0.1) is 12.8 Å². The first-order valence-electron chi connectivity index (χ1n) is 4.94. The molecule has 0 spiro atoms. The summed E-state index contributed by atoms with van der Waals surface area (Å²) < 4.78 is 5.21. The number of methoxy groups -OCH3 is 1. The van der Waals surface area contributed by atoms with E-state index in [0.717, 1.165) is 30.1 Å². The molecule has 0 amide bonds. The third kappa shape index (κ3) is 1.29. The van der Waals surface area contributed by atoms with Crippen LogP contribution in [-0.4, -0.2) is 13.7 Å². The lowest BCUT2D eigenvalue weighted by molar-refractivity contribution is 0.416. The second-order valence-corrected chi connectivity index (χ2v) is 3.76. The maximum atomic E-state index is 6.04. The average molecular weight is 192 g/mol. The zero-order valence-corrected chi connectivity index (χ0v) is 8.63. The van der Waals surface area contributed by atoms with Gasteiger partial charge >= 0.3 is 0 Å². The minimum absolute atomic E-state index is 0.515. The van der Waals surface area contributed by atoms with Crippen LogP contribution in [-0.2, 0) is 0 Å². The monoisotopic (exact) mass is 192 g/mol. The third-order valence-corrected chi connectivity index (χ3v) is 2.85. The van der Waals surface area contributed by atoms with E-state index < -0.39 is 0 Å². The molecule has 0 aliphatic carbocycles. The van der Waals surface area contributed by atoms with Gasteiger partial charge in [-0.2, -0.15) is 0 Å². The number of fused-ring (bicyclic) bond motifs is 1. The van der Waals surface area contributed by atoms with Crippen LogP contribution >= 0.6 is 0 Å². The van der Waals surface area contributed by atoms with E-state index in [1.807, 2.05) is 12.1 Å². The van der Waals surface area contributed by atoms with Crippen LogP contribution in [0.2, 0.25) is 0 Å². The first-order valence-corrected chi connectivity index (χ1v) is 4.94. The van der Waals surface area contributed by atoms with Crippen molar-refractivity contribution in [3.05, 3.63) is 17.7 Å². The van der Waals surface area contributed by atoms with Crippen molar-refractivity contribution in [1.29, 1.82) is 0 Å². The van der Waals surface area contributed by atoms with Gasteiger partial charge in [-0.3, -0.25) is 0 Å². The fourth-order valence-corrected chi connectivity index (χ4v) is 2.05. The van der Waals surface area contributed by atoms with Crippen molar-refractivity contribution in [3.8, 4) is 5.75 Å². The molecule has 0 saturated heterocycles. The molecule has 3 N–H and O–H groups in total. The summed E-state index contributed by atoms with van der Waals surface area (Å²) in [4.78, 5) is 0. The van der Waals surface area contributed by atoms with Crippen molar-refractivity contribution in [2.75, 3.05) is 24.7 Å². The summed E-state index contributed by atoms with van der Waals surface area (Å²) in [7, 11) is 1.65. The minimum atomic E-state index is 0.515. The molecule has 0 fully saturated rings. The van der Waals surface area contributed by atoms with Crippen LogP contribution in [0.1, 0.15) is 24.8 Å².